The van der Waals surface area contributed by atoms with E-state index in [9.17, 15) is 0 Å². The third kappa shape index (κ3) is 4.45. The van der Waals surface area contributed by atoms with Gasteiger partial charge >= 0.3 is 0 Å². The van der Waals surface area contributed by atoms with Gasteiger partial charge in [-0.3, -0.25) is 0 Å². The number of halogens is 1. The van der Waals surface area contributed by atoms with E-state index in [1.165, 1.54) is 34.8 Å². The summed E-state index contributed by atoms with van der Waals surface area (Å²) in [6.07, 6.45) is 5.38. The van der Waals surface area contributed by atoms with Gasteiger partial charge in [0.25, 0.3) is 0 Å². The van der Waals surface area contributed by atoms with Crippen LogP contribution in [-0.4, -0.2) is 12.6 Å². The summed E-state index contributed by atoms with van der Waals surface area (Å²) < 4.78 is 1.33. The molecule has 0 aromatic heterocycles. The van der Waals surface area contributed by atoms with Gasteiger partial charge in [0.1, 0.15) is 0 Å². The Kier molecular flexibility index (Phi) is 6.34. The molecule has 1 aromatic carbocycles. The third-order valence-corrected chi connectivity index (χ3v) is 5.56. The molecule has 0 aliphatic heterocycles. The number of hydrogen-bond acceptors (Lipinski definition) is 1. The van der Waals surface area contributed by atoms with E-state index in [2.05, 4.69) is 72.9 Å². The van der Waals surface area contributed by atoms with Crippen LogP contribution in [0.1, 0.15) is 45.6 Å². The Balaban J connectivity index is 2.04. The minimum absolute atomic E-state index is 0.717. The fourth-order valence-electron chi connectivity index (χ4n) is 3.59. The summed E-state index contributed by atoms with van der Waals surface area (Å²) in [6.45, 7) is 8.11. The van der Waals surface area contributed by atoms with Crippen molar-refractivity contribution in [2.24, 2.45) is 17.8 Å². The number of benzene rings is 1. The monoisotopic (exact) mass is 385 g/mol. The topological polar surface area (TPSA) is 12.0 Å². The molecule has 0 saturated heterocycles. The molecule has 3 unspecified atom stereocenters. The van der Waals surface area contributed by atoms with E-state index < -0.39 is 0 Å². The summed E-state index contributed by atoms with van der Waals surface area (Å²) in [5, 5.41) is 3.72. The van der Waals surface area contributed by atoms with Crippen LogP contribution in [0.4, 0.5) is 0 Å². The van der Waals surface area contributed by atoms with Crippen LogP contribution in [0.3, 0.4) is 0 Å². The van der Waals surface area contributed by atoms with Gasteiger partial charge < -0.3 is 5.32 Å². The summed E-state index contributed by atoms with van der Waals surface area (Å²) in [7, 11) is 0. The van der Waals surface area contributed by atoms with Crippen molar-refractivity contribution in [2.45, 2.75) is 52.5 Å². The highest BCUT2D eigenvalue weighted by Crippen LogP contribution is 2.35. The molecule has 2 rings (SSSR count). The molecule has 3 atom stereocenters. The Morgan fingerprint density at radius 3 is 2.50 bits per heavy atom. The molecule has 20 heavy (non-hydrogen) atoms. The van der Waals surface area contributed by atoms with Crippen LogP contribution in [0.25, 0.3) is 0 Å². The minimum Gasteiger partial charge on any atom is -0.314 e. The lowest BCUT2D eigenvalue weighted by atomic mass is 9.71. The maximum atomic E-state index is 3.72. The second kappa shape index (κ2) is 7.79. The Hall–Kier alpha value is -0.0900. The molecule has 0 bridgehead atoms. The largest absolute Gasteiger partial charge is 0.314 e. The lowest BCUT2D eigenvalue weighted by Crippen LogP contribution is -2.42. The van der Waals surface area contributed by atoms with Crippen molar-refractivity contribution in [3.63, 3.8) is 0 Å². The van der Waals surface area contributed by atoms with Crippen molar-refractivity contribution in [1.29, 1.82) is 0 Å². The van der Waals surface area contributed by atoms with Gasteiger partial charge in [0, 0.05) is 9.61 Å². The van der Waals surface area contributed by atoms with Crippen molar-refractivity contribution in [2.75, 3.05) is 6.54 Å². The van der Waals surface area contributed by atoms with Gasteiger partial charge in [0.05, 0.1) is 0 Å². The smallest absolute Gasteiger partial charge is 0.0130 e. The quantitative estimate of drug-likeness (QED) is 0.712. The van der Waals surface area contributed by atoms with Gasteiger partial charge in [-0.2, -0.15) is 0 Å². The summed E-state index contributed by atoms with van der Waals surface area (Å²) in [6, 6.07) is 9.81. The zero-order chi connectivity index (χ0) is 14.5. The Morgan fingerprint density at radius 1 is 1.20 bits per heavy atom. The summed E-state index contributed by atoms with van der Waals surface area (Å²) in [5.74, 6) is 2.55. The van der Waals surface area contributed by atoms with E-state index in [1.807, 2.05) is 0 Å². The predicted molar refractivity (Wildman–Crippen MR) is 96.0 cm³/mol. The van der Waals surface area contributed by atoms with E-state index in [0.717, 1.165) is 24.3 Å². The Labute approximate surface area is 138 Å². The molecule has 112 valence electrons. The van der Waals surface area contributed by atoms with Crippen molar-refractivity contribution >= 4 is 22.6 Å². The number of rotatable bonds is 5. The van der Waals surface area contributed by atoms with Gasteiger partial charge in [0.2, 0.25) is 0 Å². The van der Waals surface area contributed by atoms with Gasteiger partial charge in [-0.15, -0.1) is 0 Å². The van der Waals surface area contributed by atoms with Crippen molar-refractivity contribution in [3.05, 3.63) is 33.4 Å². The van der Waals surface area contributed by atoms with Crippen molar-refractivity contribution < 1.29 is 0 Å². The highest BCUT2D eigenvalue weighted by Gasteiger charge is 2.31. The first kappa shape index (κ1) is 16.3. The lowest BCUT2D eigenvalue weighted by Gasteiger charge is -2.38. The van der Waals surface area contributed by atoms with Crippen LogP contribution < -0.4 is 5.32 Å². The second-order valence-electron chi connectivity index (χ2n) is 6.57. The van der Waals surface area contributed by atoms with Gasteiger partial charge in [-0.1, -0.05) is 32.9 Å². The Bertz CT molecular complexity index is 398. The number of nitrogens with one attached hydrogen (secondary N) is 1. The normalized spacial score (nSPS) is 26.9. The van der Waals surface area contributed by atoms with Gasteiger partial charge in [-0.25, -0.2) is 0 Å². The second-order valence-corrected chi connectivity index (χ2v) is 7.82. The molecule has 0 amide bonds. The highest BCUT2D eigenvalue weighted by molar-refractivity contribution is 14.1. The van der Waals surface area contributed by atoms with Crippen LogP contribution in [0.15, 0.2) is 24.3 Å². The summed E-state index contributed by atoms with van der Waals surface area (Å²) >= 11 is 2.38. The van der Waals surface area contributed by atoms with Crippen LogP contribution in [0, 0.1) is 21.3 Å². The summed E-state index contributed by atoms with van der Waals surface area (Å²) in [4.78, 5) is 0. The molecule has 1 aliphatic rings. The molecule has 0 spiro atoms. The fourth-order valence-corrected chi connectivity index (χ4v) is 3.95. The molecule has 0 heterocycles. The molecule has 1 aromatic rings. The van der Waals surface area contributed by atoms with Crippen LogP contribution in [-0.2, 0) is 6.42 Å². The molecular weight excluding hydrogens is 357 g/mol. The molecule has 0 radical (unpaired) electrons. The van der Waals surface area contributed by atoms with Crippen molar-refractivity contribution in [3.8, 4) is 0 Å². The van der Waals surface area contributed by atoms with Crippen molar-refractivity contribution in [1.82, 2.24) is 5.32 Å². The fraction of sp³-hybridized carbons (Fsp3) is 0.667. The zero-order valence-corrected chi connectivity index (χ0v) is 15.2. The van der Waals surface area contributed by atoms with E-state index in [0.29, 0.717) is 6.04 Å². The van der Waals surface area contributed by atoms with Gasteiger partial charge in [-0.05, 0) is 90.3 Å². The first-order valence-corrected chi connectivity index (χ1v) is 9.15. The maximum Gasteiger partial charge on any atom is 0.0130 e. The van der Waals surface area contributed by atoms with E-state index in [-0.39, 0.29) is 0 Å². The molecule has 1 nitrogen and oxygen atoms in total. The average molecular weight is 385 g/mol. The number of hydrogen-bond donors (Lipinski definition) is 1. The van der Waals surface area contributed by atoms with Gasteiger partial charge in [0.15, 0.2) is 0 Å². The SMILES string of the molecule is CCNC1CCC(C(C)C)CC1Cc1ccc(I)cc1. The third-order valence-electron chi connectivity index (χ3n) is 4.84. The lowest BCUT2D eigenvalue weighted by molar-refractivity contribution is 0.169. The average Bonchev–Trinajstić information content (AvgIpc) is 2.43. The highest BCUT2D eigenvalue weighted by atomic mass is 127. The van der Waals surface area contributed by atoms with E-state index >= 15 is 0 Å². The molecular formula is C18H28IN. The zero-order valence-electron chi connectivity index (χ0n) is 13.0. The summed E-state index contributed by atoms with van der Waals surface area (Å²) in [5.41, 5.74) is 1.50. The molecule has 1 aliphatic carbocycles. The standard InChI is InChI=1S/C18H28IN/c1-4-20-18-10-7-15(13(2)3)12-16(18)11-14-5-8-17(19)9-6-14/h5-6,8-9,13,15-16,18,20H,4,7,10-12H2,1-3H3. The van der Waals surface area contributed by atoms with Crippen LogP contribution >= 0.6 is 22.6 Å². The first-order chi connectivity index (χ1) is 9.60. The molecule has 1 fully saturated rings. The van der Waals surface area contributed by atoms with Crippen LogP contribution in [0.5, 0.6) is 0 Å². The maximum absolute atomic E-state index is 3.72. The van der Waals surface area contributed by atoms with Crippen LogP contribution in [0.2, 0.25) is 0 Å². The predicted octanol–water partition coefficient (Wildman–Crippen LogP) is 4.88. The van der Waals surface area contributed by atoms with E-state index in [4.69, 9.17) is 0 Å². The molecule has 1 saturated carbocycles. The first-order valence-electron chi connectivity index (χ1n) is 8.08. The van der Waals surface area contributed by atoms with E-state index in [1.54, 1.807) is 0 Å². The molecule has 1 N–H and O–H groups in total. The minimum atomic E-state index is 0.717. The Morgan fingerprint density at radius 2 is 1.90 bits per heavy atom. The molecule has 2 heteroatoms.